The summed E-state index contributed by atoms with van der Waals surface area (Å²) in [7, 11) is 1.72. The average molecular weight is 251 g/mol. The van der Waals surface area contributed by atoms with Gasteiger partial charge >= 0.3 is 0 Å². The minimum atomic E-state index is -0.235. The van der Waals surface area contributed by atoms with Crippen LogP contribution in [0.3, 0.4) is 0 Å². The third kappa shape index (κ3) is 2.85. The maximum Gasteiger partial charge on any atom is 0.225 e. The minimum Gasteiger partial charge on any atom is -0.351 e. The molecule has 2 heterocycles. The number of carbonyl (C=O) groups is 2. The van der Waals surface area contributed by atoms with Gasteiger partial charge in [-0.1, -0.05) is 0 Å². The molecule has 2 rings (SSSR count). The number of rotatable bonds is 4. The molecule has 2 atom stereocenters. The zero-order valence-corrected chi connectivity index (χ0v) is 10.5. The van der Waals surface area contributed by atoms with Crippen LogP contribution >= 0.6 is 0 Å². The lowest BCUT2D eigenvalue weighted by molar-refractivity contribution is -0.128. The van der Waals surface area contributed by atoms with Crippen LogP contribution in [0.4, 0.5) is 0 Å². The summed E-state index contributed by atoms with van der Waals surface area (Å²) in [5.74, 6) is -0.278. The highest BCUT2D eigenvalue weighted by Crippen LogP contribution is 2.16. The van der Waals surface area contributed by atoms with Crippen molar-refractivity contribution in [3.05, 3.63) is 12.7 Å². The van der Waals surface area contributed by atoms with Crippen LogP contribution in [0, 0.1) is 5.92 Å². The fraction of sp³-hybridized carbons (Fsp3) is 0.636. The van der Waals surface area contributed by atoms with E-state index in [2.05, 4.69) is 15.4 Å². The van der Waals surface area contributed by atoms with E-state index in [1.807, 2.05) is 6.92 Å². The zero-order chi connectivity index (χ0) is 13.1. The molecule has 0 bridgehead atoms. The van der Waals surface area contributed by atoms with E-state index >= 15 is 0 Å². The van der Waals surface area contributed by atoms with Gasteiger partial charge in [0.15, 0.2) is 0 Å². The molecule has 1 fully saturated rings. The number of nitrogens with zero attached hydrogens (tertiary/aromatic N) is 4. The molecular formula is C11H17N5O2. The van der Waals surface area contributed by atoms with Crippen LogP contribution in [0.15, 0.2) is 12.7 Å². The van der Waals surface area contributed by atoms with Crippen molar-refractivity contribution in [2.24, 2.45) is 5.92 Å². The summed E-state index contributed by atoms with van der Waals surface area (Å²) in [6, 6.07) is -0.0415. The molecule has 1 aliphatic heterocycles. The van der Waals surface area contributed by atoms with E-state index in [0.29, 0.717) is 19.5 Å². The predicted molar refractivity (Wildman–Crippen MR) is 63.4 cm³/mol. The predicted octanol–water partition coefficient (Wildman–Crippen LogP) is -0.739. The van der Waals surface area contributed by atoms with E-state index in [-0.39, 0.29) is 23.8 Å². The molecule has 7 nitrogen and oxygen atoms in total. The van der Waals surface area contributed by atoms with Gasteiger partial charge in [0.2, 0.25) is 11.8 Å². The second-order valence-corrected chi connectivity index (χ2v) is 4.70. The topological polar surface area (TPSA) is 80.1 Å². The zero-order valence-electron chi connectivity index (χ0n) is 10.5. The lowest BCUT2D eigenvalue weighted by Gasteiger charge is -2.16. The van der Waals surface area contributed by atoms with Crippen LogP contribution in [0.1, 0.15) is 13.3 Å². The molecule has 0 aromatic carbocycles. The van der Waals surface area contributed by atoms with Gasteiger partial charge in [-0.25, -0.2) is 4.98 Å². The molecule has 1 aromatic heterocycles. The number of hydrogen-bond acceptors (Lipinski definition) is 4. The second kappa shape index (κ2) is 5.16. The standard InChI is InChI=1S/C11H17N5O2/c1-8(4-16-7-12-6-13-16)14-11(18)9-3-10(17)15(2)5-9/h6-9H,3-5H2,1-2H3,(H,14,18)/t8-,9-/m1/s1. The van der Waals surface area contributed by atoms with Crippen LogP contribution in [0.2, 0.25) is 0 Å². The van der Waals surface area contributed by atoms with E-state index in [4.69, 9.17) is 0 Å². The van der Waals surface area contributed by atoms with Crippen molar-refractivity contribution in [1.82, 2.24) is 25.0 Å². The Balaban J connectivity index is 1.82. The fourth-order valence-electron chi connectivity index (χ4n) is 2.05. The first-order valence-electron chi connectivity index (χ1n) is 5.93. The van der Waals surface area contributed by atoms with Crippen LogP contribution in [-0.4, -0.2) is 51.1 Å². The first kappa shape index (κ1) is 12.5. The van der Waals surface area contributed by atoms with Gasteiger partial charge in [-0.15, -0.1) is 0 Å². The SMILES string of the molecule is C[C@H](Cn1cncn1)NC(=O)[C@@H]1CC(=O)N(C)C1. The van der Waals surface area contributed by atoms with Crippen molar-refractivity contribution in [3.8, 4) is 0 Å². The molecule has 0 unspecified atom stereocenters. The van der Waals surface area contributed by atoms with E-state index in [0.717, 1.165) is 0 Å². The number of hydrogen-bond donors (Lipinski definition) is 1. The van der Waals surface area contributed by atoms with Gasteiger partial charge in [0.05, 0.1) is 12.5 Å². The van der Waals surface area contributed by atoms with E-state index in [1.54, 1.807) is 23.0 Å². The summed E-state index contributed by atoms with van der Waals surface area (Å²) < 4.78 is 1.66. The van der Waals surface area contributed by atoms with Gasteiger partial charge in [-0.3, -0.25) is 14.3 Å². The molecule has 1 aromatic rings. The quantitative estimate of drug-likeness (QED) is 0.764. The van der Waals surface area contributed by atoms with Gasteiger partial charge in [0, 0.05) is 26.1 Å². The molecule has 0 saturated carbocycles. The molecular weight excluding hydrogens is 234 g/mol. The van der Waals surface area contributed by atoms with Crippen LogP contribution in [-0.2, 0) is 16.1 Å². The Morgan fingerprint density at radius 1 is 1.67 bits per heavy atom. The highest BCUT2D eigenvalue weighted by molar-refractivity contribution is 5.89. The highest BCUT2D eigenvalue weighted by atomic mass is 16.2. The number of amides is 2. The van der Waals surface area contributed by atoms with Gasteiger partial charge in [-0.2, -0.15) is 5.10 Å². The maximum absolute atomic E-state index is 11.9. The minimum absolute atomic E-state index is 0.0269. The Morgan fingerprint density at radius 3 is 3.00 bits per heavy atom. The fourth-order valence-corrected chi connectivity index (χ4v) is 2.05. The molecule has 1 saturated heterocycles. The normalized spacial score (nSPS) is 21.1. The molecule has 2 amide bonds. The summed E-state index contributed by atoms with van der Waals surface area (Å²) in [5.41, 5.74) is 0. The number of aromatic nitrogens is 3. The Kier molecular flexibility index (Phi) is 3.59. The molecule has 0 radical (unpaired) electrons. The van der Waals surface area contributed by atoms with Crippen molar-refractivity contribution < 1.29 is 9.59 Å². The van der Waals surface area contributed by atoms with Crippen LogP contribution in [0.25, 0.3) is 0 Å². The number of likely N-dealkylation sites (tertiary alicyclic amines) is 1. The molecule has 1 N–H and O–H groups in total. The summed E-state index contributed by atoms with van der Waals surface area (Å²) in [4.78, 5) is 28.7. The second-order valence-electron chi connectivity index (χ2n) is 4.70. The molecule has 7 heteroatoms. The number of carbonyl (C=O) groups excluding carboxylic acids is 2. The van der Waals surface area contributed by atoms with E-state index in [1.165, 1.54) is 6.33 Å². The van der Waals surface area contributed by atoms with Crippen molar-refractivity contribution in [2.75, 3.05) is 13.6 Å². The Hall–Kier alpha value is -1.92. The molecule has 1 aliphatic rings. The third-order valence-electron chi connectivity index (χ3n) is 3.03. The van der Waals surface area contributed by atoms with Gasteiger partial charge < -0.3 is 10.2 Å². The van der Waals surface area contributed by atoms with Crippen molar-refractivity contribution >= 4 is 11.8 Å². The summed E-state index contributed by atoms with van der Waals surface area (Å²) in [5, 5.41) is 6.87. The lowest BCUT2D eigenvalue weighted by Crippen LogP contribution is -2.40. The van der Waals surface area contributed by atoms with E-state index < -0.39 is 0 Å². The van der Waals surface area contributed by atoms with Crippen LogP contribution < -0.4 is 5.32 Å². The molecule has 0 spiro atoms. The van der Waals surface area contributed by atoms with Gasteiger partial charge in [0.25, 0.3) is 0 Å². The molecule has 18 heavy (non-hydrogen) atoms. The first-order valence-corrected chi connectivity index (χ1v) is 5.93. The smallest absolute Gasteiger partial charge is 0.225 e. The van der Waals surface area contributed by atoms with Crippen molar-refractivity contribution in [1.29, 1.82) is 0 Å². The number of nitrogens with one attached hydrogen (secondary N) is 1. The Labute approximate surface area is 105 Å². The summed E-state index contributed by atoms with van der Waals surface area (Å²) >= 11 is 0. The summed E-state index contributed by atoms with van der Waals surface area (Å²) in [6.07, 6.45) is 3.37. The van der Waals surface area contributed by atoms with E-state index in [9.17, 15) is 9.59 Å². The Bertz CT molecular complexity index is 431. The third-order valence-corrected chi connectivity index (χ3v) is 3.03. The monoisotopic (exact) mass is 251 g/mol. The first-order chi connectivity index (χ1) is 8.56. The van der Waals surface area contributed by atoms with Crippen LogP contribution in [0.5, 0.6) is 0 Å². The van der Waals surface area contributed by atoms with Crippen molar-refractivity contribution in [3.63, 3.8) is 0 Å². The van der Waals surface area contributed by atoms with Crippen molar-refractivity contribution in [2.45, 2.75) is 25.9 Å². The lowest BCUT2D eigenvalue weighted by atomic mass is 10.1. The van der Waals surface area contributed by atoms with Gasteiger partial charge in [0.1, 0.15) is 12.7 Å². The van der Waals surface area contributed by atoms with Gasteiger partial charge in [-0.05, 0) is 6.92 Å². The Morgan fingerprint density at radius 2 is 2.44 bits per heavy atom. The molecule has 0 aliphatic carbocycles. The highest BCUT2D eigenvalue weighted by Gasteiger charge is 2.32. The maximum atomic E-state index is 11.9. The summed E-state index contributed by atoms with van der Waals surface area (Å²) in [6.45, 7) is 2.98. The largest absolute Gasteiger partial charge is 0.351 e. The molecule has 98 valence electrons. The average Bonchev–Trinajstić information content (AvgIpc) is 2.90.